The van der Waals surface area contributed by atoms with Crippen molar-refractivity contribution in [2.45, 2.75) is 64.3 Å². The molecule has 2 bridgehead atoms. The van der Waals surface area contributed by atoms with Gasteiger partial charge in [0.2, 0.25) is 0 Å². The number of hydrogen-bond acceptors (Lipinski definition) is 6. The van der Waals surface area contributed by atoms with E-state index >= 15 is 0 Å². The Hall–Kier alpha value is -4.20. The molecule has 0 unspecified atom stereocenters. The number of nitrogens with one attached hydrogen (secondary N) is 2. The van der Waals surface area contributed by atoms with Crippen molar-refractivity contribution in [3.05, 3.63) is 118 Å². The van der Waals surface area contributed by atoms with Crippen molar-refractivity contribution in [2.24, 2.45) is 0 Å². The average Bonchev–Trinajstić information content (AvgIpc) is 3.62. The van der Waals surface area contributed by atoms with Gasteiger partial charge in [0.25, 0.3) is 5.91 Å². The first-order valence-corrected chi connectivity index (χ1v) is 15.7. The van der Waals surface area contributed by atoms with Crippen LogP contribution in [-0.2, 0) is 25.6 Å². The molecular weight excluding hydrogens is 550 g/mol. The second-order valence-electron chi connectivity index (χ2n) is 11.9. The minimum atomic E-state index is -1.26. The number of amides is 1. The Kier molecular flexibility index (Phi) is 8.69. The zero-order valence-electron chi connectivity index (χ0n) is 25.8. The van der Waals surface area contributed by atoms with Gasteiger partial charge in [0.15, 0.2) is 0 Å². The summed E-state index contributed by atoms with van der Waals surface area (Å²) in [5.41, 5.74) is 4.95. The fraction of sp³-hybridized carbons (Fsp3) is 0.351. The molecule has 0 radical (unpaired) electrons. The third-order valence-electron chi connectivity index (χ3n) is 8.91. The van der Waals surface area contributed by atoms with Gasteiger partial charge in [-0.05, 0) is 87.2 Å². The van der Waals surface area contributed by atoms with E-state index in [1.54, 1.807) is 6.92 Å². The number of para-hydroxylation sites is 2. The van der Waals surface area contributed by atoms with Crippen molar-refractivity contribution in [1.82, 2.24) is 4.90 Å². The Balaban J connectivity index is 1.40. The normalized spacial score (nSPS) is 21.8. The van der Waals surface area contributed by atoms with E-state index in [4.69, 9.17) is 9.47 Å². The molecule has 3 heterocycles. The van der Waals surface area contributed by atoms with Crippen LogP contribution in [0.2, 0.25) is 0 Å². The van der Waals surface area contributed by atoms with Crippen LogP contribution in [0.5, 0.6) is 0 Å². The predicted molar refractivity (Wildman–Crippen MR) is 173 cm³/mol. The molecule has 7 heteroatoms. The number of aryl methyl sites for hydroxylation is 2. The number of carbonyl (C=O) groups is 2. The quantitative estimate of drug-likeness (QED) is 0.203. The van der Waals surface area contributed by atoms with Gasteiger partial charge in [-0.25, -0.2) is 4.79 Å². The van der Waals surface area contributed by atoms with Gasteiger partial charge in [-0.2, -0.15) is 0 Å². The van der Waals surface area contributed by atoms with Crippen molar-refractivity contribution >= 4 is 23.3 Å². The van der Waals surface area contributed by atoms with E-state index in [1.807, 2.05) is 74.5 Å². The molecule has 3 aliphatic rings. The summed E-state index contributed by atoms with van der Waals surface area (Å²) in [5.74, 6) is -0.912. The zero-order chi connectivity index (χ0) is 30.7. The summed E-state index contributed by atoms with van der Waals surface area (Å²) in [6.07, 6.45) is 6.92. The SMILES string of the molecule is CCOC(=O)C1=C(C(=O)Nc2c(C)cccc2C)[C@@H]2C=C[C@@]1([C@@H](Nc1ccccc1)c1ccc(CN3CCCCC3)cc1)O2. The number of rotatable bonds is 10. The highest BCUT2D eigenvalue weighted by Gasteiger charge is 2.58. The Morgan fingerprint density at radius 2 is 1.66 bits per heavy atom. The second-order valence-corrected chi connectivity index (χ2v) is 11.9. The van der Waals surface area contributed by atoms with E-state index < -0.39 is 23.7 Å². The van der Waals surface area contributed by atoms with E-state index in [1.165, 1.54) is 24.8 Å². The molecule has 1 amide bonds. The number of piperidine rings is 1. The molecule has 1 fully saturated rings. The lowest BCUT2D eigenvalue weighted by Crippen LogP contribution is -2.42. The zero-order valence-corrected chi connectivity index (χ0v) is 25.8. The number of ether oxygens (including phenoxy) is 2. The monoisotopic (exact) mass is 591 g/mol. The van der Waals surface area contributed by atoms with Crippen molar-refractivity contribution in [3.8, 4) is 0 Å². The Bertz CT molecular complexity index is 1550. The highest BCUT2D eigenvalue weighted by molar-refractivity contribution is 6.12. The lowest BCUT2D eigenvalue weighted by molar-refractivity contribution is -0.140. The largest absolute Gasteiger partial charge is 0.463 e. The van der Waals surface area contributed by atoms with Gasteiger partial charge < -0.3 is 20.1 Å². The first-order valence-electron chi connectivity index (χ1n) is 15.7. The molecule has 228 valence electrons. The standard InChI is InChI=1S/C37H41N3O4/c1-4-43-36(42)32-31(35(41)39-33-25(2)12-11-13-26(33)3)30-20-21-37(32,44-30)34(38-29-14-7-5-8-15-29)28-18-16-27(17-19-28)24-40-22-9-6-10-23-40/h5,7-8,11-21,30,34,38H,4,6,9-10,22-24H2,1-3H3,(H,39,41)/t30-,34-,37+/m0/s1. The van der Waals surface area contributed by atoms with Gasteiger partial charge in [-0.3, -0.25) is 9.69 Å². The van der Waals surface area contributed by atoms with Crippen LogP contribution in [0.15, 0.2) is 96.1 Å². The molecule has 0 aromatic heterocycles. The number of anilines is 2. The van der Waals surface area contributed by atoms with Crippen molar-refractivity contribution in [1.29, 1.82) is 0 Å². The number of benzene rings is 3. The van der Waals surface area contributed by atoms with Crippen LogP contribution in [0.4, 0.5) is 11.4 Å². The van der Waals surface area contributed by atoms with E-state index in [9.17, 15) is 9.59 Å². The predicted octanol–water partition coefficient (Wildman–Crippen LogP) is 6.65. The van der Waals surface area contributed by atoms with Crippen LogP contribution in [0.1, 0.15) is 54.5 Å². The minimum absolute atomic E-state index is 0.181. The second kappa shape index (κ2) is 12.8. The number of carbonyl (C=O) groups excluding carboxylic acids is 2. The third kappa shape index (κ3) is 5.82. The molecule has 2 N–H and O–H groups in total. The summed E-state index contributed by atoms with van der Waals surface area (Å²) >= 11 is 0. The fourth-order valence-corrected chi connectivity index (χ4v) is 6.72. The minimum Gasteiger partial charge on any atom is -0.463 e. The lowest BCUT2D eigenvalue weighted by Gasteiger charge is -2.36. The molecular formula is C37H41N3O4. The number of esters is 1. The number of fused-ring (bicyclic) bond motifs is 2. The van der Waals surface area contributed by atoms with Crippen LogP contribution in [-0.4, -0.2) is 48.2 Å². The summed E-state index contributed by atoms with van der Waals surface area (Å²) in [6, 6.07) is 23.8. The van der Waals surface area contributed by atoms with Crippen LogP contribution in [0.25, 0.3) is 0 Å². The molecule has 1 saturated heterocycles. The topological polar surface area (TPSA) is 79.9 Å². The maximum Gasteiger partial charge on any atom is 0.337 e. The van der Waals surface area contributed by atoms with E-state index in [-0.39, 0.29) is 23.7 Å². The molecule has 3 aliphatic heterocycles. The molecule has 0 aliphatic carbocycles. The number of likely N-dealkylation sites (tertiary alicyclic amines) is 1. The highest BCUT2D eigenvalue weighted by Crippen LogP contribution is 2.51. The fourth-order valence-electron chi connectivity index (χ4n) is 6.72. The van der Waals surface area contributed by atoms with E-state index in [2.05, 4.69) is 39.8 Å². The van der Waals surface area contributed by atoms with Gasteiger partial charge in [0.05, 0.1) is 23.8 Å². The first kappa shape index (κ1) is 29.9. The summed E-state index contributed by atoms with van der Waals surface area (Å²) in [5, 5.41) is 6.73. The maximum atomic E-state index is 14.0. The molecule has 0 spiro atoms. The summed E-state index contributed by atoms with van der Waals surface area (Å²) in [7, 11) is 0. The van der Waals surface area contributed by atoms with Crippen LogP contribution in [0, 0.1) is 13.8 Å². The summed E-state index contributed by atoms with van der Waals surface area (Å²) in [6.45, 7) is 9.03. The smallest absolute Gasteiger partial charge is 0.337 e. The molecule has 3 aromatic carbocycles. The summed E-state index contributed by atoms with van der Waals surface area (Å²) < 4.78 is 12.3. The highest BCUT2D eigenvalue weighted by atomic mass is 16.5. The molecule has 44 heavy (non-hydrogen) atoms. The van der Waals surface area contributed by atoms with Crippen LogP contribution < -0.4 is 10.6 Å². The van der Waals surface area contributed by atoms with E-state index in [0.717, 1.165) is 47.7 Å². The van der Waals surface area contributed by atoms with Gasteiger partial charge in [0, 0.05) is 17.9 Å². The Morgan fingerprint density at radius 1 is 0.955 bits per heavy atom. The van der Waals surface area contributed by atoms with Crippen LogP contribution >= 0.6 is 0 Å². The Labute approximate surface area is 259 Å². The van der Waals surface area contributed by atoms with Gasteiger partial charge >= 0.3 is 5.97 Å². The van der Waals surface area contributed by atoms with Crippen LogP contribution in [0.3, 0.4) is 0 Å². The maximum absolute atomic E-state index is 14.0. The van der Waals surface area contributed by atoms with Crippen molar-refractivity contribution in [2.75, 3.05) is 30.3 Å². The van der Waals surface area contributed by atoms with Gasteiger partial charge in [-0.1, -0.05) is 73.2 Å². The molecule has 3 atom stereocenters. The molecule has 6 rings (SSSR count). The average molecular weight is 592 g/mol. The number of nitrogens with zero attached hydrogens (tertiary/aromatic N) is 1. The third-order valence-corrected chi connectivity index (χ3v) is 8.91. The van der Waals surface area contributed by atoms with Crippen molar-refractivity contribution in [3.63, 3.8) is 0 Å². The Morgan fingerprint density at radius 3 is 2.34 bits per heavy atom. The molecule has 7 nitrogen and oxygen atoms in total. The molecule has 0 saturated carbocycles. The van der Waals surface area contributed by atoms with Gasteiger partial charge in [0.1, 0.15) is 11.7 Å². The van der Waals surface area contributed by atoms with Gasteiger partial charge in [-0.15, -0.1) is 0 Å². The van der Waals surface area contributed by atoms with E-state index in [0.29, 0.717) is 0 Å². The molecule has 3 aromatic rings. The van der Waals surface area contributed by atoms with Crippen molar-refractivity contribution < 1.29 is 19.1 Å². The summed E-state index contributed by atoms with van der Waals surface area (Å²) in [4.78, 5) is 30.3. The first-order chi connectivity index (χ1) is 21.4. The number of hydrogen-bond donors (Lipinski definition) is 2. The lowest BCUT2D eigenvalue weighted by atomic mass is 9.78.